The Balaban J connectivity index is 1.87. The molecule has 1 amide bonds. The second kappa shape index (κ2) is 13.8. The van der Waals surface area contributed by atoms with E-state index in [9.17, 15) is 4.79 Å². The molecule has 0 bridgehead atoms. The summed E-state index contributed by atoms with van der Waals surface area (Å²) in [6.07, 6.45) is 10.4. The second-order valence-electron chi connectivity index (χ2n) is 5.57. The number of hydrogen-bond donors (Lipinski definition) is 1. The summed E-state index contributed by atoms with van der Waals surface area (Å²) in [5.41, 5.74) is 3.57. The highest BCUT2D eigenvalue weighted by atomic mass is 79.9. The van der Waals surface area contributed by atoms with Gasteiger partial charge in [0.15, 0.2) is 0 Å². The Morgan fingerprint density at radius 3 is 2.14 bits per heavy atom. The zero-order chi connectivity index (χ0) is 15.9. The molecule has 1 N–H and O–H groups in total. The summed E-state index contributed by atoms with van der Waals surface area (Å²) in [4.78, 5) is 16.8. The van der Waals surface area contributed by atoms with Crippen LogP contribution in [-0.4, -0.2) is 11.2 Å². The van der Waals surface area contributed by atoms with Crippen molar-refractivity contribution >= 4 is 21.8 Å². The van der Waals surface area contributed by atoms with Crippen LogP contribution in [0.5, 0.6) is 0 Å². The Hall–Kier alpha value is -0.870. The minimum Gasteiger partial charge on any atom is -0.273 e. The smallest absolute Gasteiger partial charge is 0.243 e. The lowest BCUT2D eigenvalue weighted by Gasteiger charge is -2.06. The maximum Gasteiger partial charge on any atom is 0.243 e. The Bertz CT molecular complexity index is 384. The average Bonchev–Trinajstić information content (AvgIpc) is 2.54. The number of carbonyl (C=O) groups is 1. The van der Waals surface area contributed by atoms with Gasteiger partial charge < -0.3 is 0 Å². The number of unbranched alkanes of at least 4 members (excludes halogenated alkanes) is 7. The van der Waals surface area contributed by atoms with Gasteiger partial charge in [-0.05, 0) is 18.4 Å². The fraction of sp³-hybridized carbons (Fsp3) is 0.611. The minimum atomic E-state index is -0.0201. The molecule has 0 saturated carbocycles. The lowest BCUT2D eigenvalue weighted by atomic mass is 10.1. The number of rotatable bonds is 13. The quantitative estimate of drug-likeness (QED) is 0.297. The second-order valence-corrected chi connectivity index (χ2v) is 6.36. The molecule has 0 saturated heterocycles. The van der Waals surface area contributed by atoms with Crippen LogP contribution in [0.25, 0.3) is 0 Å². The molecule has 22 heavy (non-hydrogen) atoms. The third-order valence-electron chi connectivity index (χ3n) is 3.56. The summed E-state index contributed by atoms with van der Waals surface area (Å²) in [5, 5.41) is 1.12. The predicted molar refractivity (Wildman–Crippen MR) is 94.7 cm³/mol. The fourth-order valence-corrected chi connectivity index (χ4v) is 2.66. The van der Waals surface area contributed by atoms with E-state index in [-0.39, 0.29) is 5.91 Å². The first-order chi connectivity index (χ1) is 10.8. The monoisotopic (exact) mass is 369 g/mol. The lowest BCUT2D eigenvalue weighted by molar-refractivity contribution is -0.134. The maximum atomic E-state index is 11.6. The number of nitrogens with one attached hydrogen (secondary N) is 1. The molecule has 4 heteroatoms. The van der Waals surface area contributed by atoms with Crippen LogP contribution in [0.1, 0.15) is 63.4 Å². The van der Waals surface area contributed by atoms with Gasteiger partial charge >= 0.3 is 0 Å². The van der Waals surface area contributed by atoms with Gasteiger partial charge in [-0.25, -0.2) is 5.48 Å². The van der Waals surface area contributed by atoms with E-state index in [4.69, 9.17) is 4.84 Å². The Morgan fingerprint density at radius 2 is 1.50 bits per heavy atom. The Labute approximate surface area is 142 Å². The van der Waals surface area contributed by atoms with Crippen LogP contribution in [0.4, 0.5) is 0 Å². The normalized spacial score (nSPS) is 10.6. The van der Waals surface area contributed by atoms with Gasteiger partial charge in [-0.3, -0.25) is 9.63 Å². The summed E-state index contributed by atoms with van der Waals surface area (Å²) in [6.45, 7) is 0.418. The molecule has 1 aromatic carbocycles. The van der Waals surface area contributed by atoms with Crippen molar-refractivity contribution in [1.29, 1.82) is 0 Å². The predicted octanol–water partition coefficient (Wildman–Crippen LogP) is 5.14. The first-order valence-electron chi connectivity index (χ1n) is 8.33. The van der Waals surface area contributed by atoms with Gasteiger partial charge in [0.05, 0.1) is 6.61 Å². The molecular weight excluding hydrogens is 342 g/mol. The first-order valence-corrected chi connectivity index (χ1v) is 9.45. The van der Waals surface area contributed by atoms with E-state index in [2.05, 4.69) is 21.4 Å². The van der Waals surface area contributed by atoms with E-state index in [1.165, 1.54) is 38.5 Å². The van der Waals surface area contributed by atoms with Gasteiger partial charge in [0.2, 0.25) is 5.91 Å². The fourth-order valence-electron chi connectivity index (χ4n) is 2.27. The molecule has 0 aliphatic heterocycles. The number of alkyl halides is 1. The summed E-state index contributed by atoms with van der Waals surface area (Å²) < 4.78 is 0. The van der Waals surface area contributed by atoms with Crippen LogP contribution in [0, 0.1) is 0 Å². The van der Waals surface area contributed by atoms with Crippen LogP contribution in [-0.2, 0) is 16.2 Å². The molecule has 0 atom stereocenters. The minimum absolute atomic E-state index is 0.0201. The van der Waals surface area contributed by atoms with E-state index >= 15 is 0 Å². The molecule has 0 aliphatic carbocycles. The molecule has 1 aromatic rings. The van der Waals surface area contributed by atoms with E-state index < -0.39 is 0 Å². The standard InChI is InChI=1S/C18H28BrNO2/c19-15-11-6-4-2-1-3-5-10-14-18(21)20-22-16-17-12-8-7-9-13-17/h7-9,12-13H,1-6,10-11,14-16H2,(H,20,21). The molecule has 0 aliphatic rings. The highest BCUT2D eigenvalue weighted by Crippen LogP contribution is 2.10. The van der Waals surface area contributed by atoms with E-state index in [1.807, 2.05) is 30.3 Å². The molecule has 0 radical (unpaired) electrons. The largest absolute Gasteiger partial charge is 0.273 e. The maximum absolute atomic E-state index is 11.6. The topological polar surface area (TPSA) is 38.3 Å². The number of carbonyl (C=O) groups excluding carboxylic acids is 1. The van der Waals surface area contributed by atoms with Crippen LogP contribution >= 0.6 is 15.9 Å². The van der Waals surface area contributed by atoms with Crippen molar-refractivity contribution in [2.24, 2.45) is 0 Å². The van der Waals surface area contributed by atoms with Gasteiger partial charge in [0.25, 0.3) is 0 Å². The van der Waals surface area contributed by atoms with E-state index in [1.54, 1.807) is 0 Å². The molecule has 0 aromatic heterocycles. The summed E-state index contributed by atoms with van der Waals surface area (Å²) >= 11 is 3.45. The molecule has 0 unspecified atom stereocenters. The van der Waals surface area contributed by atoms with Crippen molar-refractivity contribution in [3.63, 3.8) is 0 Å². The number of benzene rings is 1. The van der Waals surface area contributed by atoms with Crippen LogP contribution in [0.2, 0.25) is 0 Å². The van der Waals surface area contributed by atoms with Gasteiger partial charge in [-0.2, -0.15) is 0 Å². The highest BCUT2D eigenvalue weighted by Gasteiger charge is 2.01. The van der Waals surface area contributed by atoms with Crippen molar-refractivity contribution < 1.29 is 9.63 Å². The van der Waals surface area contributed by atoms with Crippen molar-refractivity contribution in [3.05, 3.63) is 35.9 Å². The molecule has 124 valence electrons. The number of amides is 1. The van der Waals surface area contributed by atoms with Crippen LogP contribution in [0.15, 0.2) is 30.3 Å². The Morgan fingerprint density at radius 1 is 0.909 bits per heavy atom. The number of halogens is 1. The van der Waals surface area contributed by atoms with Crippen molar-refractivity contribution in [3.8, 4) is 0 Å². The third kappa shape index (κ3) is 10.8. The summed E-state index contributed by atoms with van der Waals surface area (Å²) in [7, 11) is 0. The molecule has 0 spiro atoms. The summed E-state index contributed by atoms with van der Waals surface area (Å²) in [6, 6.07) is 9.83. The van der Waals surface area contributed by atoms with E-state index in [0.717, 1.165) is 23.7 Å². The number of hydroxylamine groups is 1. The van der Waals surface area contributed by atoms with Gasteiger partial charge in [-0.1, -0.05) is 84.8 Å². The van der Waals surface area contributed by atoms with Crippen LogP contribution in [0.3, 0.4) is 0 Å². The molecule has 3 nitrogen and oxygen atoms in total. The molecular formula is C18H28BrNO2. The van der Waals surface area contributed by atoms with Crippen LogP contribution < -0.4 is 5.48 Å². The molecule has 0 fully saturated rings. The third-order valence-corrected chi connectivity index (χ3v) is 4.12. The zero-order valence-electron chi connectivity index (χ0n) is 13.4. The van der Waals surface area contributed by atoms with Gasteiger partial charge in [0.1, 0.15) is 0 Å². The van der Waals surface area contributed by atoms with Crippen molar-refractivity contribution in [2.45, 2.75) is 64.4 Å². The van der Waals surface area contributed by atoms with Gasteiger partial charge in [0, 0.05) is 11.8 Å². The lowest BCUT2D eigenvalue weighted by Crippen LogP contribution is -2.23. The highest BCUT2D eigenvalue weighted by molar-refractivity contribution is 9.09. The van der Waals surface area contributed by atoms with Gasteiger partial charge in [-0.15, -0.1) is 0 Å². The molecule has 1 rings (SSSR count). The average molecular weight is 370 g/mol. The van der Waals surface area contributed by atoms with Crippen molar-refractivity contribution in [2.75, 3.05) is 5.33 Å². The number of hydrogen-bond acceptors (Lipinski definition) is 2. The Kier molecular flexibility index (Phi) is 12.0. The zero-order valence-corrected chi connectivity index (χ0v) is 14.9. The van der Waals surface area contributed by atoms with E-state index in [0.29, 0.717) is 13.0 Å². The van der Waals surface area contributed by atoms with Crippen molar-refractivity contribution in [1.82, 2.24) is 5.48 Å². The first kappa shape index (κ1) is 19.2. The SMILES string of the molecule is O=C(CCCCCCCCCCBr)NOCc1ccccc1. The summed E-state index contributed by atoms with van der Waals surface area (Å²) in [5.74, 6) is -0.0201. The molecule has 0 heterocycles.